The molecule has 20 heavy (non-hydrogen) atoms. The minimum atomic E-state index is -1.10. The Morgan fingerprint density at radius 1 is 1.20 bits per heavy atom. The third-order valence-electron chi connectivity index (χ3n) is 2.56. The van der Waals surface area contributed by atoms with Gasteiger partial charge in [-0.2, -0.15) is 0 Å². The smallest absolute Gasteiger partial charge is 0.337 e. The number of aromatic carboxylic acids is 1. The fourth-order valence-electron chi connectivity index (χ4n) is 1.65. The number of halogens is 1. The first-order valence-corrected chi connectivity index (χ1v) is 5.73. The Balaban J connectivity index is 2.16. The van der Waals surface area contributed by atoms with Gasteiger partial charge in [-0.3, -0.25) is 4.79 Å². The van der Waals surface area contributed by atoms with E-state index in [1.54, 1.807) is 13.0 Å². The van der Waals surface area contributed by atoms with Gasteiger partial charge in [0.05, 0.1) is 5.56 Å². The lowest BCUT2D eigenvalue weighted by Crippen LogP contribution is -2.13. The molecule has 1 aromatic heterocycles. The second-order valence-corrected chi connectivity index (χ2v) is 4.21. The number of anilines is 1. The molecule has 2 rings (SSSR count). The number of carboxylic acid groups (broad SMARTS) is 1. The first-order chi connectivity index (χ1) is 9.45. The molecule has 0 spiro atoms. The number of nitrogens with zero attached hydrogens (tertiary/aromatic N) is 1. The number of amides is 1. The third kappa shape index (κ3) is 3.17. The molecule has 6 heteroatoms. The number of hydrogen-bond donors (Lipinski definition) is 2. The SMILES string of the molecule is Cc1cc(F)cc(C(=O)Nc2ccc(C(=O)O)cn2)c1. The maximum atomic E-state index is 13.2. The van der Waals surface area contributed by atoms with E-state index in [-0.39, 0.29) is 16.9 Å². The molecule has 2 aromatic rings. The van der Waals surface area contributed by atoms with Gasteiger partial charge < -0.3 is 10.4 Å². The van der Waals surface area contributed by atoms with Crippen molar-refractivity contribution in [3.8, 4) is 0 Å². The Hall–Kier alpha value is -2.76. The molecule has 0 unspecified atom stereocenters. The van der Waals surface area contributed by atoms with E-state index in [9.17, 15) is 14.0 Å². The van der Waals surface area contributed by atoms with Crippen molar-refractivity contribution in [1.82, 2.24) is 4.98 Å². The zero-order chi connectivity index (χ0) is 14.7. The molecule has 1 amide bonds. The average Bonchev–Trinajstić information content (AvgIpc) is 2.38. The average molecular weight is 274 g/mol. The summed E-state index contributed by atoms with van der Waals surface area (Å²) < 4.78 is 13.2. The van der Waals surface area contributed by atoms with Gasteiger partial charge in [-0.05, 0) is 42.8 Å². The van der Waals surface area contributed by atoms with E-state index in [0.717, 1.165) is 12.3 Å². The van der Waals surface area contributed by atoms with Gasteiger partial charge in [0.1, 0.15) is 11.6 Å². The second kappa shape index (κ2) is 5.48. The van der Waals surface area contributed by atoms with E-state index < -0.39 is 17.7 Å². The minimum Gasteiger partial charge on any atom is -0.478 e. The number of aryl methyl sites for hydroxylation is 1. The molecule has 102 valence electrons. The van der Waals surface area contributed by atoms with Crippen molar-refractivity contribution < 1.29 is 19.1 Å². The van der Waals surface area contributed by atoms with Crippen LogP contribution < -0.4 is 5.32 Å². The summed E-state index contributed by atoms with van der Waals surface area (Å²) in [5.41, 5.74) is 0.820. The molecular weight excluding hydrogens is 263 g/mol. The zero-order valence-electron chi connectivity index (χ0n) is 10.6. The highest BCUT2D eigenvalue weighted by molar-refractivity contribution is 6.04. The van der Waals surface area contributed by atoms with Crippen LogP contribution in [0.15, 0.2) is 36.5 Å². The van der Waals surface area contributed by atoms with Gasteiger partial charge in [0, 0.05) is 11.8 Å². The van der Waals surface area contributed by atoms with Gasteiger partial charge >= 0.3 is 5.97 Å². The number of carboxylic acids is 1. The van der Waals surface area contributed by atoms with E-state index in [1.165, 1.54) is 18.2 Å². The molecule has 0 aliphatic rings. The Labute approximate surface area is 114 Å². The van der Waals surface area contributed by atoms with Crippen LogP contribution in [-0.2, 0) is 0 Å². The molecule has 0 aliphatic heterocycles. The van der Waals surface area contributed by atoms with Crippen LogP contribution in [0.3, 0.4) is 0 Å². The van der Waals surface area contributed by atoms with Crippen LogP contribution in [0.2, 0.25) is 0 Å². The van der Waals surface area contributed by atoms with Crippen LogP contribution >= 0.6 is 0 Å². The first kappa shape index (κ1) is 13.7. The van der Waals surface area contributed by atoms with Gasteiger partial charge in [-0.25, -0.2) is 14.2 Å². The monoisotopic (exact) mass is 274 g/mol. The summed E-state index contributed by atoms with van der Waals surface area (Å²) in [6.07, 6.45) is 1.13. The molecule has 0 fully saturated rings. The van der Waals surface area contributed by atoms with Crippen LogP contribution in [0.25, 0.3) is 0 Å². The number of nitrogens with one attached hydrogen (secondary N) is 1. The van der Waals surface area contributed by atoms with Crippen LogP contribution in [0, 0.1) is 12.7 Å². The molecule has 5 nitrogen and oxygen atoms in total. The van der Waals surface area contributed by atoms with Gasteiger partial charge in [-0.15, -0.1) is 0 Å². The maximum Gasteiger partial charge on any atom is 0.337 e. The molecule has 1 aromatic carbocycles. The largest absolute Gasteiger partial charge is 0.478 e. The predicted octanol–water partition coefficient (Wildman–Crippen LogP) is 2.48. The number of pyridine rings is 1. The van der Waals surface area contributed by atoms with Crippen molar-refractivity contribution >= 4 is 17.7 Å². The standard InChI is InChI=1S/C14H11FN2O3/c1-8-4-10(6-11(15)5-8)13(18)17-12-3-2-9(7-16-12)14(19)20/h2-7H,1H3,(H,19,20)(H,16,17,18). The van der Waals surface area contributed by atoms with E-state index in [4.69, 9.17) is 5.11 Å². The Morgan fingerprint density at radius 2 is 1.95 bits per heavy atom. The summed E-state index contributed by atoms with van der Waals surface area (Å²) in [5.74, 6) is -1.91. The lowest BCUT2D eigenvalue weighted by Gasteiger charge is -2.05. The maximum absolute atomic E-state index is 13.2. The van der Waals surface area contributed by atoms with Crippen molar-refractivity contribution in [3.63, 3.8) is 0 Å². The van der Waals surface area contributed by atoms with Crippen molar-refractivity contribution in [1.29, 1.82) is 0 Å². The number of carbonyl (C=O) groups excluding carboxylic acids is 1. The van der Waals surface area contributed by atoms with Gasteiger partial charge in [0.2, 0.25) is 0 Å². The fourth-order valence-corrected chi connectivity index (χ4v) is 1.65. The van der Waals surface area contributed by atoms with Crippen molar-refractivity contribution in [2.24, 2.45) is 0 Å². The van der Waals surface area contributed by atoms with Gasteiger partial charge in [-0.1, -0.05) is 0 Å². The Bertz CT molecular complexity index is 648. The van der Waals surface area contributed by atoms with Gasteiger partial charge in [0.15, 0.2) is 0 Å². The summed E-state index contributed by atoms with van der Waals surface area (Å²) in [6.45, 7) is 1.68. The molecule has 0 bridgehead atoms. The number of aromatic nitrogens is 1. The predicted molar refractivity (Wildman–Crippen MR) is 70.3 cm³/mol. The molecule has 0 saturated heterocycles. The highest BCUT2D eigenvalue weighted by atomic mass is 19.1. The van der Waals surface area contributed by atoms with E-state index in [2.05, 4.69) is 10.3 Å². The van der Waals surface area contributed by atoms with E-state index in [0.29, 0.717) is 5.56 Å². The lowest BCUT2D eigenvalue weighted by molar-refractivity contribution is 0.0696. The molecule has 0 aliphatic carbocycles. The second-order valence-electron chi connectivity index (χ2n) is 4.21. The summed E-state index contributed by atoms with van der Waals surface area (Å²) >= 11 is 0. The number of hydrogen-bond acceptors (Lipinski definition) is 3. The molecular formula is C14H11FN2O3. The number of carbonyl (C=O) groups is 2. The first-order valence-electron chi connectivity index (χ1n) is 5.73. The van der Waals surface area contributed by atoms with Crippen molar-refractivity contribution in [2.75, 3.05) is 5.32 Å². The van der Waals surface area contributed by atoms with Gasteiger partial charge in [0.25, 0.3) is 5.91 Å². The highest BCUT2D eigenvalue weighted by Gasteiger charge is 2.10. The lowest BCUT2D eigenvalue weighted by atomic mass is 10.1. The summed E-state index contributed by atoms with van der Waals surface area (Å²) in [6, 6.07) is 6.67. The Kier molecular flexibility index (Phi) is 3.74. The van der Waals surface area contributed by atoms with Crippen molar-refractivity contribution in [3.05, 3.63) is 59.0 Å². The van der Waals surface area contributed by atoms with E-state index in [1.807, 2.05) is 0 Å². The van der Waals surface area contributed by atoms with Crippen LogP contribution in [0.4, 0.5) is 10.2 Å². The molecule has 0 radical (unpaired) electrons. The van der Waals surface area contributed by atoms with E-state index >= 15 is 0 Å². The zero-order valence-corrected chi connectivity index (χ0v) is 10.6. The molecule has 0 atom stereocenters. The summed E-state index contributed by atoms with van der Waals surface area (Å²) in [7, 11) is 0. The van der Waals surface area contributed by atoms with Crippen LogP contribution in [0.1, 0.15) is 26.3 Å². The summed E-state index contributed by atoms with van der Waals surface area (Å²) in [5, 5.41) is 11.2. The van der Waals surface area contributed by atoms with Crippen LogP contribution in [0.5, 0.6) is 0 Å². The summed E-state index contributed by atoms with van der Waals surface area (Å²) in [4.78, 5) is 26.4. The number of rotatable bonds is 3. The van der Waals surface area contributed by atoms with Crippen molar-refractivity contribution in [2.45, 2.75) is 6.92 Å². The molecule has 2 N–H and O–H groups in total. The minimum absolute atomic E-state index is 0.0181. The topological polar surface area (TPSA) is 79.3 Å². The molecule has 0 saturated carbocycles. The molecule has 1 heterocycles. The number of benzene rings is 1. The fraction of sp³-hybridized carbons (Fsp3) is 0.0714. The third-order valence-corrected chi connectivity index (χ3v) is 2.56. The normalized spacial score (nSPS) is 10.1. The van der Waals surface area contributed by atoms with Crippen LogP contribution in [-0.4, -0.2) is 22.0 Å². The quantitative estimate of drug-likeness (QED) is 0.901. The Morgan fingerprint density at radius 3 is 2.50 bits per heavy atom. The highest BCUT2D eigenvalue weighted by Crippen LogP contribution is 2.11.